The minimum atomic E-state index is -3.73. The summed E-state index contributed by atoms with van der Waals surface area (Å²) >= 11 is 0. The molecule has 25 heavy (non-hydrogen) atoms. The first kappa shape index (κ1) is 17.5. The lowest BCUT2D eigenvalue weighted by atomic mass is 10.1. The number of hydrogen-bond donors (Lipinski definition) is 1. The summed E-state index contributed by atoms with van der Waals surface area (Å²) in [5.74, 6) is -0.636. The Bertz CT molecular complexity index is 879. The fourth-order valence-electron chi connectivity index (χ4n) is 2.70. The SMILES string of the molecule is NS(=O)(=O)N1CCN(C(=O)c2ccc(-c3ncccc3F)cc2)CC1. The Morgan fingerprint density at radius 1 is 1.08 bits per heavy atom. The van der Waals surface area contributed by atoms with Crippen LogP contribution in [0.15, 0.2) is 42.6 Å². The molecule has 1 fully saturated rings. The molecule has 1 aliphatic rings. The Morgan fingerprint density at radius 2 is 1.72 bits per heavy atom. The molecule has 0 saturated carbocycles. The maximum absolute atomic E-state index is 13.8. The molecule has 1 aromatic heterocycles. The van der Waals surface area contributed by atoms with Gasteiger partial charge in [0, 0.05) is 43.5 Å². The summed E-state index contributed by atoms with van der Waals surface area (Å²) < 4.78 is 37.5. The van der Waals surface area contributed by atoms with Gasteiger partial charge in [-0.15, -0.1) is 0 Å². The molecule has 0 unspecified atom stereocenters. The third-order valence-corrected chi connectivity index (χ3v) is 5.13. The van der Waals surface area contributed by atoms with Crippen LogP contribution in [0.2, 0.25) is 0 Å². The van der Waals surface area contributed by atoms with Crippen LogP contribution >= 0.6 is 0 Å². The fourth-order valence-corrected chi connectivity index (χ4v) is 3.37. The monoisotopic (exact) mass is 364 g/mol. The molecular weight excluding hydrogens is 347 g/mol. The van der Waals surface area contributed by atoms with E-state index in [0.717, 1.165) is 4.31 Å². The Kier molecular flexibility index (Phi) is 4.80. The molecule has 2 aromatic rings. The second-order valence-corrected chi connectivity index (χ2v) is 7.19. The van der Waals surface area contributed by atoms with Crippen LogP contribution < -0.4 is 5.14 Å². The number of rotatable bonds is 3. The van der Waals surface area contributed by atoms with Gasteiger partial charge in [-0.1, -0.05) is 12.1 Å². The Morgan fingerprint density at radius 3 is 2.28 bits per heavy atom. The maximum atomic E-state index is 13.8. The van der Waals surface area contributed by atoms with Gasteiger partial charge in [-0.2, -0.15) is 12.7 Å². The van der Waals surface area contributed by atoms with Gasteiger partial charge in [0.15, 0.2) is 0 Å². The number of carbonyl (C=O) groups excluding carboxylic acids is 1. The highest BCUT2D eigenvalue weighted by Gasteiger charge is 2.27. The first-order valence-electron chi connectivity index (χ1n) is 7.64. The van der Waals surface area contributed by atoms with E-state index in [1.165, 1.54) is 18.3 Å². The molecule has 2 heterocycles. The van der Waals surface area contributed by atoms with Crippen molar-refractivity contribution in [3.05, 3.63) is 54.0 Å². The van der Waals surface area contributed by atoms with Crippen molar-refractivity contribution in [1.29, 1.82) is 0 Å². The van der Waals surface area contributed by atoms with Crippen LogP contribution in [0.1, 0.15) is 10.4 Å². The topological polar surface area (TPSA) is 96.6 Å². The number of halogens is 1. The molecule has 0 aliphatic carbocycles. The van der Waals surface area contributed by atoms with Crippen LogP contribution in [0.25, 0.3) is 11.3 Å². The molecule has 1 aromatic carbocycles. The van der Waals surface area contributed by atoms with Crippen molar-refractivity contribution >= 4 is 16.1 Å². The molecule has 0 radical (unpaired) electrons. The zero-order chi connectivity index (χ0) is 18.0. The van der Waals surface area contributed by atoms with Gasteiger partial charge < -0.3 is 4.90 Å². The predicted octanol–water partition coefficient (Wildman–Crippen LogP) is 0.849. The largest absolute Gasteiger partial charge is 0.336 e. The molecule has 0 spiro atoms. The highest BCUT2D eigenvalue weighted by molar-refractivity contribution is 7.86. The summed E-state index contributed by atoms with van der Waals surface area (Å²) in [4.78, 5) is 18.1. The van der Waals surface area contributed by atoms with Crippen molar-refractivity contribution in [2.75, 3.05) is 26.2 Å². The second-order valence-electron chi connectivity index (χ2n) is 5.65. The first-order chi connectivity index (χ1) is 11.9. The first-order valence-corrected chi connectivity index (χ1v) is 9.14. The number of aromatic nitrogens is 1. The molecule has 9 heteroatoms. The van der Waals surface area contributed by atoms with E-state index >= 15 is 0 Å². The van der Waals surface area contributed by atoms with E-state index in [0.29, 0.717) is 11.1 Å². The summed E-state index contributed by atoms with van der Waals surface area (Å²) in [6.45, 7) is 0.876. The number of nitrogens with zero attached hydrogens (tertiary/aromatic N) is 3. The van der Waals surface area contributed by atoms with Gasteiger partial charge in [-0.05, 0) is 24.3 Å². The highest BCUT2D eigenvalue weighted by Crippen LogP contribution is 2.21. The average molecular weight is 364 g/mol. The summed E-state index contributed by atoms with van der Waals surface area (Å²) in [6, 6.07) is 9.33. The van der Waals surface area contributed by atoms with Gasteiger partial charge in [0.25, 0.3) is 16.1 Å². The molecule has 7 nitrogen and oxygen atoms in total. The summed E-state index contributed by atoms with van der Waals surface area (Å²) in [6.07, 6.45) is 1.50. The van der Waals surface area contributed by atoms with E-state index in [4.69, 9.17) is 5.14 Å². The van der Waals surface area contributed by atoms with E-state index in [1.54, 1.807) is 29.2 Å². The fraction of sp³-hybridized carbons (Fsp3) is 0.250. The molecule has 0 atom stereocenters. The molecule has 1 amide bonds. The van der Waals surface area contributed by atoms with Gasteiger partial charge in [-0.3, -0.25) is 9.78 Å². The average Bonchev–Trinajstić information content (AvgIpc) is 2.61. The van der Waals surface area contributed by atoms with Crippen molar-refractivity contribution in [3.8, 4) is 11.3 Å². The van der Waals surface area contributed by atoms with E-state index in [-0.39, 0.29) is 37.8 Å². The van der Waals surface area contributed by atoms with E-state index in [1.807, 2.05) is 0 Å². The lowest BCUT2D eigenvalue weighted by molar-refractivity contribution is 0.0698. The number of nitrogens with two attached hydrogens (primary N) is 1. The van der Waals surface area contributed by atoms with Gasteiger partial charge >= 0.3 is 0 Å². The van der Waals surface area contributed by atoms with Crippen LogP contribution in [-0.2, 0) is 10.2 Å². The second kappa shape index (κ2) is 6.87. The third-order valence-electron chi connectivity index (χ3n) is 4.05. The highest BCUT2D eigenvalue weighted by atomic mass is 32.2. The predicted molar refractivity (Wildman–Crippen MR) is 90.2 cm³/mol. The minimum absolute atomic E-state index is 0.168. The normalized spacial score (nSPS) is 16.0. The Hall–Kier alpha value is -2.36. The zero-order valence-electron chi connectivity index (χ0n) is 13.3. The van der Waals surface area contributed by atoms with E-state index in [9.17, 15) is 17.6 Å². The molecule has 2 N–H and O–H groups in total. The zero-order valence-corrected chi connectivity index (χ0v) is 14.1. The van der Waals surface area contributed by atoms with Crippen LogP contribution in [0.5, 0.6) is 0 Å². The quantitative estimate of drug-likeness (QED) is 0.873. The lowest BCUT2D eigenvalue weighted by Crippen LogP contribution is -2.52. The van der Waals surface area contributed by atoms with Crippen LogP contribution in [0.3, 0.4) is 0 Å². The summed E-state index contributed by atoms with van der Waals surface area (Å²) in [5.41, 5.74) is 1.25. The standard InChI is InChI=1S/C16H17FN4O3S/c17-14-2-1-7-19-15(14)12-3-5-13(6-4-12)16(22)20-8-10-21(11-9-20)25(18,23)24/h1-7H,8-11H2,(H2,18,23,24). The van der Waals surface area contributed by atoms with Crippen LogP contribution in [0, 0.1) is 5.82 Å². The van der Waals surface area contributed by atoms with E-state index in [2.05, 4.69) is 4.98 Å². The Balaban J connectivity index is 1.71. The number of carbonyl (C=O) groups is 1. The smallest absolute Gasteiger partial charge is 0.277 e. The maximum Gasteiger partial charge on any atom is 0.277 e. The van der Waals surface area contributed by atoms with Crippen molar-refractivity contribution in [2.45, 2.75) is 0 Å². The molecule has 0 bridgehead atoms. The number of pyridine rings is 1. The van der Waals surface area contributed by atoms with Crippen molar-refractivity contribution in [1.82, 2.24) is 14.2 Å². The van der Waals surface area contributed by atoms with Crippen molar-refractivity contribution in [3.63, 3.8) is 0 Å². The van der Waals surface area contributed by atoms with Crippen molar-refractivity contribution < 1.29 is 17.6 Å². The molecule has 1 saturated heterocycles. The molecule has 3 rings (SSSR count). The lowest BCUT2D eigenvalue weighted by Gasteiger charge is -2.33. The Labute approximate surface area is 145 Å². The molecule has 1 aliphatic heterocycles. The minimum Gasteiger partial charge on any atom is -0.336 e. The van der Waals surface area contributed by atoms with Gasteiger partial charge in [0.2, 0.25) is 0 Å². The van der Waals surface area contributed by atoms with Crippen LogP contribution in [0.4, 0.5) is 4.39 Å². The third kappa shape index (κ3) is 3.84. The van der Waals surface area contributed by atoms with E-state index < -0.39 is 16.0 Å². The number of amides is 1. The van der Waals surface area contributed by atoms with Crippen LogP contribution in [-0.4, -0.2) is 54.7 Å². The van der Waals surface area contributed by atoms with Gasteiger partial charge in [-0.25, -0.2) is 9.53 Å². The number of benzene rings is 1. The van der Waals surface area contributed by atoms with Gasteiger partial charge in [0.05, 0.1) is 0 Å². The molecular formula is C16H17FN4O3S. The van der Waals surface area contributed by atoms with Gasteiger partial charge in [0.1, 0.15) is 11.5 Å². The van der Waals surface area contributed by atoms with Crippen molar-refractivity contribution in [2.24, 2.45) is 5.14 Å². The number of piperazine rings is 1. The number of hydrogen-bond acceptors (Lipinski definition) is 4. The summed E-state index contributed by atoms with van der Waals surface area (Å²) in [7, 11) is -3.73. The summed E-state index contributed by atoms with van der Waals surface area (Å²) in [5, 5.41) is 5.09. The molecule has 132 valence electrons.